The van der Waals surface area contributed by atoms with E-state index in [4.69, 9.17) is 4.74 Å². The lowest BCUT2D eigenvalue weighted by Gasteiger charge is -2.35. The van der Waals surface area contributed by atoms with Gasteiger partial charge >= 0.3 is 0 Å². The summed E-state index contributed by atoms with van der Waals surface area (Å²) in [5.74, 6) is 0.121. The van der Waals surface area contributed by atoms with E-state index in [9.17, 15) is 9.59 Å². The van der Waals surface area contributed by atoms with Gasteiger partial charge in [0.15, 0.2) is 0 Å². The molecule has 0 bridgehead atoms. The summed E-state index contributed by atoms with van der Waals surface area (Å²) in [4.78, 5) is 29.0. The van der Waals surface area contributed by atoms with Gasteiger partial charge in [0.2, 0.25) is 0 Å². The normalized spacial score (nSPS) is 21.1. The van der Waals surface area contributed by atoms with Crippen LogP contribution in [-0.2, 0) is 16.6 Å². The molecule has 0 N–H and O–H groups in total. The van der Waals surface area contributed by atoms with Crippen molar-refractivity contribution in [3.05, 3.63) is 36.0 Å². The topological polar surface area (TPSA) is 54.8 Å². The van der Waals surface area contributed by atoms with Crippen LogP contribution in [0.15, 0.2) is 30.5 Å². The molecule has 3 heterocycles. The zero-order valence-corrected chi connectivity index (χ0v) is 14.5. The average molecular weight is 341 g/mol. The summed E-state index contributed by atoms with van der Waals surface area (Å²) in [6.45, 7) is 2.97. The molecule has 2 fully saturated rings. The van der Waals surface area contributed by atoms with Gasteiger partial charge in [-0.3, -0.25) is 9.59 Å². The lowest BCUT2D eigenvalue weighted by atomic mass is 10.1. The summed E-state index contributed by atoms with van der Waals surface area (Å²) >= 11 is 0. The molecule has 25 heavy (non-hydrogen) atoms. The predicted octanol–water partition coefficient (Wildman–Crippen LogP) is 1.64. The zero-order valence-electron chi connectivity index (χ0n) is 14.5. The molecule has 0 spiro atoms. The van der Waals surface area contributed by atoms with Gasteiger partial charge in [-0.25, -0.2) is 0 Å². The van der Waals surface area contributed by atoms with Crippen LogP contribution in [0.1, 0.15) is 23.2 Å². The van der Waals surface area contributed by atoms with Crippen molar-refractivity contribution in [3.8, 4) is 0 Å². The van der Waals surface area contributed by atoms with Crippen LogP contribution in [-0.4, -0.2) is 65.1 Å². The van der Waals surface area contributed by atoms with Gasteiger partial charge in [-0.05, 0) is 18.9 Å². The van der Waals surface area contributed by atoms with Gasteiger partial charge in [0.25, 0.3) is 11.8 Å². The molecule has 0 unspecified atom stereocenters. The molecule has 2 aromatic rings. The molecule has 1 aromatic heterocycles. The van der Waals surface area contributed by atoms with Crippen molar-refractivity contribution >= 4 is 22.7 Å². The van der Waals surface area contributed by atoms with Crippen LogP contribution in [0.25, 0.3) is 10.9 Å². The van der Waals surface area contributed by atoms with E-state index in [0.29, 0.717) is 32.8 Å². The molecule has 6 nitrogen and oxygen atoms in total. The Kier molecular flexibility index (Phi) is 4.21. The van der Waals surface area contributed by atoms with Gasteiger partial charge in [0.05, 0.1) is 5.56 Å². The highest BCUT2D eigenvalue weighted by atomic mass is 16.5. The first kappa shape index (κ1) is 16.1. The number of benzene rings is 1. The minimum absolute atomic E-state index is 0.0426. The second kappa shape index (κ2) is 6.52. The number of rotatable bonds is 2. The van der Waals surface area contributed by atoms with E-state index in [1.807, 2.05) is 51.9 Å². The van der Waals surface area contributed by atoms with Gasteiger partial charge in [-0.15, -0.1) is 0 Å². The fourth-order valence-corrected chi connectivity index (χ4v) is 3.79. The van der Waals surface area contributed by atoms with Crippen molar-refractivity contribution in [1.82, 2.24) is 14.4 Å². The number of aryl methyl sites for hydroxylation is 1. The Morgan fingerprint density at radius 2 is 1.80 bits per heavy atom. The number of para-hydroxylation sites is 1. The number of piperazine rings is 1. The third-order valence-electron chi connectivity index (χ3n) is 5.21. The predicted molar refractivity (Wildman–Crippen MR) is 94.4 cm³/mol. The Hall–Kier alpha value is -2.34. The first-order valence-electron chi connectivity index (χ1n) is 8.89. The Labute approximate surface area is 146 Å². The second-order valence-electron chi connectivity index (χ2n) is 6.79. The maximum Gasteiger partial charge on any atom is 0.256 e. The zero-order chi connectivity index (χ0) is 17.4. The second-order valence-corrected chi connectivity index (χ2v) is 6.79. The van der Waals surface area contributed by atoms with E-state index < -0.39 is 0 Å². The first-order chi connectivity index (χ1) is 12.1. The summed E-state index contributed by atoms with van der Waals surface area (Å²) < 4.78 is 7.47. The number of nitrogens with zero attached hydrogens (tertiary/aromatic N) is 3. The fourth-order valence-electron chi connectivity index (χ4n) is 3.79. The van der Waals surface area contributed by atoms with Crippen molar-refractivity contribution in [2.45, 2.75) is 18.9 Å². The molecule has 0 radical (unpaired) electrons. The standard InChI is InChI=1S/C19H23N3O3/c1-20-13-15(14-5-2-3-6-16(14)20)18(23)21-8-10-22(11-9-21)19(24)17-7-4-12-25-17/h2-3,5-6,13,17H,4,7-12H2,1H3/t17-/m0/s1. The van der Waals surface area contributed by atoms with Crippen molar-refractivity contribution < 1.29 is 14.3 Å². The van der Waals surface area contributed by atoms with E-state index in [0.717, 1.165) is 29.3 Å². The molecule has 2 aliphatic rings. The maximum absolute atomic E-state index is 12.9. The van der Waals surface area contributed by atoms with Gasteiger partial charge < -0.3 is 19.1 Å². The molecule has 2 aliphatic heterocycles. The smallest absolute Gasteiger partial charge is 0.256 e. The van der Waals surface area contributed by atoms with Crippen LogP contribution < -0.4 is 0 Å². The lowest BCUT2D eigenvalue weighted by molar-refractivity contribution is -0.142. The number of hydrogen-bond donors (Lipinski definition) is 0. The van der Waals surface area contributed by atoms with Crippen molar-refractivity contribution in [3.63, 3.8) is 0 Å². The number of aromatic nitrogens is 1. The van der Waals surface area contributed by atoms with E-state index in [1.54, 1.807) is 0 Å². The third-order valence-corrected chi connectivity index (χ3v) is 5.21. The minimum Gasteiger partial charge on any atom is -0.368 e. The molecule has 2 amide bonds. The van der Waals surface area contributed by atoms with E-state index >= 15 is 0 Å². The van der Waals surface area contributed by atoms with Gasteiger partial charge in [-0.2, -0.15) is 0 Å². The number of hydrogen-bond acceptors (Lipinski definition) is 3. The molecule has 4 rings (SSSR count). The number of fused-ring (bicyclic) bond motifs is 1. The van der Waals surface area contributed by atoms with Gasteiger partial charge in [0.1, 0.15) is 6.10 Å². The van der Waals surface area contributed by atoms with Gasteiger partial charge in [-0.1, -0.05) is 18.2 Å². The largest absolute Gasteiger partial charge is 0.368 e. The van der Waals surface area contributed by atoms with Crippen LogP contribution in [0.4, 0.5) is 0 Å². The fraction of sp³-hybridized carbons (Fsp3) is 0.474. The van der Waals surface area contributed by atoms with Crippen LogP contribution in [0, 0.1) is 0 Å². The molecule has 1 aromatic carbocycles. The Morgan fingerprint density at radius 3 is 2.52 bits per heavy atom. The molecule has 2 saturated heterocycles. The quantitative estimate of drug-likeness (QED) is 0.834. The SMILES string of the molecule is Cn1cc(C(=O)N2CCN(C(=O)[C@@H]3CCCO3)CC2)c2ccccc21. The summed E-state index contributed by atoms with van der Waals surface area (Å²) in [5, 5.41) is 0.980. The van der Waals surface area contributed by atoms with Crippen molar-refractivity contribution in [2.75, 3.05) is 32.8 Å². The third kappa shape index (κ3) is 2.91. The maximum atomic E-state index is 12.9. The highest BCUT2D eigenvalue weighted by molar-refractivity contribution is 6.07. The van der Waals surface area contributed by atoms with Crippen molar-refractivity contribution in [2.24, 2.45) is 7.05 Å². The number of amides is 2. The van der Waals surface area contributed by atoms with Crippen LogP contribution in [0.2, 0.25) is 0 Å². The van der Waals surface area contributed by atoms with Crippen molar-refractivity contribution in [1.29, 1.82) is 0 Å². The van der Waals surface area contributed by atoms with Crippen LogP contribution >= 0.6 is 0 Å². The summed E-state index contributed by atoms with van der Waals surface area (Å²) in [6, 6.07) is 7.94. The first-order valence-corrected chi connectivity index (χ1v) is 8.89. The number of ether oxygens (including phenoxy) is 1. The monoisotopic (exact) mass is 341 g/mol. The van der Waals surface area contributed by atoms with Crippen LogP contribution in [0.5, 0.6) is 0 Å². The summed E-state index contributed by atoms with van der Waals surface area (Å²) in [6.07, 6.45) is 3.39. The van der Waals surface area contributed by atoms with E-state index in [2.05, 4.69) is 0 Å². The van der Waals surface area contributed by atoms with E-state index in [-0.39, 0.29) is 17.9 Å². The summed E-state index contributed by atoms with van der Waals surface area (Å²) in [5.41, 5.74) is 1.79. The summed E-state index contributed by atoms with van der Waals surface area (Å²) in [7, 11) is 1.96. The highest BCUT2D eigenvalue weighted by Gasteiger charge is 2.32. The minimum atomic E-state index is -0.277. The molecular weight excluding hydrogens is 318 g/mol. The Bertz CT molecular complexity index is 799. The Balaban J connectivity index is 1.45. The Morgan fingerprint density at radius 1 is 1.08 bits per heavy atom. The van der Waals surface area contributed by atoms with E-state index in [1.165, 1.54) is 0 Å². The molecule has 1 atom stereocenters. The highest BCUT2D eigenvalue weighted by Crippen LogP contribution is 2.23. The molecule has 0 saturated carbocycles. The lowest BCUT2D eigenvalue weighted by Crippen LogP contribution is -2.52. The molecule has 132 valence electrons. The average Bonchev–Trinajstić information content (AvgIpc) is 3.30. The van der Waals surface area contributed by atoms with Crippen LogP contribution in [0.3, 0.4) is 0 Å². The molecule has 0 aliphatic carbocycles. The molecule has 6 heteroatoms. The number of carbonyl (C=O) groups excluding carboxylic acids is 2. The number of carbonyl (C=O) groups is 2. The van der Waals surface area contributed by atoms with Gasteiger partial charge in [0, 0.05) is 56.9 Å². The molecular formula is C19H23N3O3.